The maximum absolute atomic E-state index is 12.8. The van der Waals surface area contributed by atoms with E-state index in [1.165, 1.54) is 0 Å². The summed E-state index contributed by atoms with van der Waals surface area (Å²) in [6.07, 6.45) is 0. The highest BCUT2D eigenvalue weighted by Gasteiger charge is 2.33. The van der Waals surface area contributed by atoms with E-state index in [1.807, 2.05) is 67.5 Å². The van der Waals surface area contributed by atoms with Crippen molar-refractivity contribution in [2.24, 2.45) is 0 Å². The lowest BCUT2D eigenvalue weighted by Crippen LogP contribution is -2.26. The zero-order chi connectivity index (χ0) is 15.0. The first-order valence-corrected chi connectivity index (χ1v) is 8.74. The fourth-order valence-electron chi connectivity index (χ4n) is 2.99. The van der Waals surface area contributed by atoms with Gasteiger partial charge in [0.25, 0.3) is 0 Å². The normalized spacial score (nSPS) is 19.7. The Morgan fingerprint density at radius 1 is 1.00 bits per heavy atom. The average molecular weight is 301 g/mol. The fourth-order valence-corrected chi connectivity index (χ4v) is 4.99. The van der Waals surface area contributed by atoms with Crippen molar-refractivity contribution in [3.05, 3.63) is 59.7 Å². The Hall–Kier alpha value is -1.65. The summed E-state index contributed by atoms with van der Waals surface area (Å²) in [5, 5.41) is -0.476. The summed E-state index contributed by atoms with van der Waals surface area (Å²) in [6.45, 7) is 0.507. The minimum atomic E-state index is -3.22. The van der Waals surface area contributed by atoms with Gasteiger partial charge in [-0.2, -0.15) is 0 Å². The van der Waals surface area contributed by atoms with Crippen molar-refractivity contribution in [3.63, 3.8) is 0 Å². The molecule has 0 fully saturated rings. The first-order valence-electron chi connectivity index (χ1n) is 7.02. The summed E-state index contributed by atoms with van der Waals surface area (Å²) in [4.78, 5) is 1.94. The first-order chi connectivity index (χ1) is 9.99. The largest absolute Gasteiger partial charge is 0.308 e. The van der Waals surface area contributed by atoms with Crippen molar-refractivity contribution >= 4 is 9.84 Å². The van der Waals surface area contributed by atoms with E-state index in [4.69, 9.17) is 0 Å². The minimum absolute atomic E-state index is 0.107. The van der Waals surface area contributed by atoms with Gasteiger partial charge in [-0.15, -0.1) is 0 Å². The molecule has 3 nitrogen and oxygen atoms in total. The summed E-state index contributed by atoms with van der Waals surface area (Å²) in [6, 6.07) is 15.7. The van der Waals surface area contributed by atoms with Gasteiger partial charge in [-0.05, 0) is 36.3 Å². The van der Waals surface area contributed by atoms with Gasteiger partial charge in [0.05, 0.1) is 11.0 Å². The number of hydrogen-bond acceptors (Lipinski definition) is 3. The Labute approximate surface area is 126 Å². The van der Waals surface area contributed by atoms with Gasteiger partial charge in [0, 0.05) is 6.54 Å². The molecule has 3 rings (SSSR count). The van der Waals surface area contributed by atoms with Gasteiger partial charge in [-0.1, -0.05) is 48.5 Å². The van der Waals surface area contributed by atoms with Crippen molar-refractivity contribution in [2.75, 3.05) is 20.6 Å². The van der Waals surface area contributed by atoms with Gasteiger partial charge in [-0.25, -0.2) is 8.42 Å². The highest BCUT2D eigenvalue weighted by Crippen LogP contribution is 2.40. The van der Waals surface area contributed by atoms with Crippen LogP contribution in [0.1, 0.15) is 16.4 Å². The number of rotatable bonds is 2. The van der Waals surface area contributed by atoms with Crippen LogP contribution >= 0.6 is 0 Å². The van der Waals surface area contributed by atoms with Crippen molar-refractivity contribution in [2.45, 2.75) is 11.0 Å². The van der Waals surface area contributed by atoms with Crippen LogP contribution in [0.3, 0.4) is 0 Å². The van der Waals surface area contributed by atoms with E-state index >= 15 is 0 Å². The Morgan fingerprint density at radius 2 is 1.62 bits per heavy atom. The Morgan fingerprint density at radius 3 is 2.33 bits per heavy atom. The standard InChI is InChI=1S/C17H19NO2S/c1-18(2)11-17-16-10-6-5-9-15(16)14-8-4-3-7-13(14)12-21(17,19)20/h3-10,17H,11-12H2,1-2H3. The van der Waals surface area contributed by atoms with E-state index in [0.29, 0.717) is 6.54 Å². The van der Waals surface area contributed by atoms with Gasteiger partial charge >= 0.3 is 0 Å². The molecule has 0 saturated heterocycles. The summed E-state index contributed by atoms with van der Waals surface area (Å²) in [7, 11) is 0.602. The third-order valence-corrected chi connectivity index (χ3v) is 5.92. The summed E-state index contributed by atoms with van der Waals surface area (Å²) in [5.41, 5.74) is 3.89. The van der Waals surface area contributed by atoms with Gasteiger partial charge in [0.2, 0.25) is 0 Å². The Balaban J connectivity index is 2.28. The van der Waals surface area contributed by atoms with Crippen molar-refractivity contribution in [1.82, 2.24) is 4.90 Å². The zero-order valence-corrected chi connectivity index (χ0v) is 13.1. The lowest BCUT2D eigenvalue weighted by molar-refractivity contribution is 0.402. The molecule has 4 heteroatoms. The molecule has 0 N–H and O–H groups in total. The predicted octanol–water partition coefficient (Wildman–Crippen LogP) is 2.88. The molecule has 2 aromatic rings. The highest BCUT2D eigenvalue weighted by atomic mass is 32.2. The molecule has 1 aliphatic heterocycles. The molecular weight excluding hydrogens is 282 g/mol. The Kier molecular flexibility index (Phi) is 3.59. The van der Waals surface area contributed by atoms with Gasteiger partial charge < -0.3 is 4.90 Å². The molecule has 0 saturated carbocycles. The van der Waals surface area contributed by atoms with Crippen LogP contribution < -0.4 is 0 Å². The first kappa shape index (κ1) is 14.3. The van der Waals surface area contributed by atoms with E-state index in [1.54, 1.807) is 0 Å². The molecular formula is C17H19NO2S. The topological polar surface area (TPSA) is 37.4 Å². The van der Waals surface area contributed by atoms with Crippen LogP contribution in [0.4, 0.5) is 0 Å². The molecule has 1 aliphatic rings. The molecule has 0 bridgehead atoms. The van der Waals surface area contributed by atoms with Gasteiger partial charge in [-0.3, -0.25) is 0 Å². The average Bonchev–Trinajstić information content (AvgIpc) is 2.53. The van der Waals surface area contributed by atoms with E-state index in [9.17, 15) is 8.42 Å². The molecule has 1 atom stereocenters. The summed E-state index contributed by atoms with van der Waals surface area (Å²) in [5.74, 6) is 0.107. The molecule has 1 heterocycles. The molecule has 21 heavy (non-hydrogen) atoms. The van der Waals surface area contributed by atoms with Crippen LogP contribution in [0.25, 0.3) is 11.1 Å². The summed E-state index contributed by atoms with van der Waals surface area (Å²) >= 11 is 0. The van der Waals surface area contributed by atoms with E-state index in [-0.39, 0.29) is 5.75 Å². The number of benzene rings is 2. The predicted molar refractivity (Wildman–Crippen MR) is 85.8 cm³/mol. The fraction of sp³-hybridized carbons (Fsp3) is 0.294. The van der Waals surface area contributed by atoms with Crippen LogP contribution in [-0.2, 0) is 15.6 Å². The number of likely N-dealkylation sites (N-methyl/N-ethyl adjacent to an activating group) is 1. The lowest BCUT2D eigenvalue weighted by Gasteiger charge is -2.21. The number of nitrogens with zero attached hydrogens (tertiary/aromatic N) is 1. The SMILES string of the molecule is CN(C)CC1c2ccccc2-c2ccccc2CS1(=O)=O. The monoisotopic (exact) mass is 301 g/mol. The van der Waals surface area contributed by atoms with Crippen molar-refractivity contribution in [1.29, 1.82) is 0 Å². The maximum atomic E-state index is 12.8. The second kappa shape index (κ2) is 5.28. The van der Waals surface area contributed by atoms with E-state index in [2.05, 4.69) is 0 Å². The van der Waals surface area contributed by atoms with Gasteiger partial charge in [0.1, 0.15) is 0 Å². The third kappa shape index (κ3) is 2.61. The van der Waals surface area contributed by atoms with Crippen LogP contribution in [-0.4, -0.2) is 34.0 Å². The molecule has 0 aromatic heterocycles. The molecule has 0 spiro atoms. The van der Waals surface area contributed by atoms with Crippen LogP contribution in [0, 0.1) is 0 Å². The van der Waals surface area contributed by atoms with E-state index < -0.39 is 15.1 Å². The molecule has 0 amide bonds. The highest BCUT2D eigenvalue weighted by molar-refractivity contribution is 7.90. The smallest absolute Gasteiger partial charge is 0.162 e. The molecule has 110 valence electrons. The van der Waals surface area contributed by atoms with E-state index in [0.717, 1.165) is 22.3 Å². The molecule has 2 aromatic carbocycles. The zero-order valence-electron chi connectivity index (χ0n) is 12.3. The summed E-state index contributed by atoms with van der Waals surface area (Å²) < 4.78 is 25.7. The van der Waals surface area contributed by atoms with Crippen LogP contribution in [0.15, 0.2) is 48.5 Å². The molecule has 0 radical (unpaired) electrons. The second-order valence-electron chi connectivity index (χ2n) is 5.80. The number of hydrogen-bond donors (Lipinski definition) is 0. The maximum Gasteiger partial charge on any atom is 0.162 e. The lowest BCUT2D eigenvalue weighted by atomic mass is 9.94. The van der Waals surface area contributed by atoms with Crippen LogP contribution in [0.5, 0.6) is 0 Å². The quantitative estimate of drug-likeness (QED) is 0.856. The van der Waals surface area contributed by atoms with Gasteiger partial charge in [0.15, 0.2) is 9.84 Å². The third-order valence-electron chi connectivity index (χ3n) is 3.94. The van der Waals surface area contributed by atoms with Crippen LogP contribution in [0.2, 0.25) is 0 Å². The van der Waals surface area contributed by atoms with Crippen molar-refractivity contribution in [3.8, 4) is 11.1 Å². The minimum Gasteiger partial charge on any atom is -0.308 e. The number of sulfone groups is 1. The Bertz CT molecular complexity index is 766. The van der Waals surface area contributed by atoms with Crippen molar-refractivity contribution < 1.29 is 8.42 Å². The molecule has 1 unspecified atom stereocenters. The number of fused-ring (bicyclic) bond motifs is 3. The second-order valence-corrected chi connectivity index (χ2v) is 7.99. The molecule has 0 aliphatic carbocycles.